The molecule has 1 heterocycles. The summed E-state index contributed by atoms with van der Waals surface area (Å²) in [4.78, 5) is 39.5. The molecule has 1 unspecified atom stereocenters. The summed E-state index contributed by atoms with van der Waals surface area (Å²) in [6, 6.07) is 1.35. The van der Waals surface area contributed by atoms with Gasteiger partial charge in [0, 0.05) is 0 Å². The number of aryl methyl sites for hydroxylation is 1. The highest BCUT2D eigenvalue weighted by atomic mass is 32.2. The van der Waals surface area contributed by atoms with Gasteiger partial charge < -0.3 is 15.2 Å². The molecular formula is C15H20N2O5S. The van der Waals surface area contributed by atoms with Crippen LogP contribution in [0.15, 0.2) is 11.1 Å². The third-order valence-corrected chi connectivity index (χ3v) is 3.93. The van der Waals surface area contributed by atoms with Crippen LogP contribution in [0.2, 0.25) is 0 Å². The summed E-state index contributed by atoms with van der Waals surface area (Å²) in [7, 11) is 0. The van der Waals surface area contributed by atoms with Crippen molar-refractivity contribution >= 4 is 29.6 Å². The Bertz CT molecular complexity index is 618. The van der Waals surface area contributed by atoms with Gasteiger partial charge in [0.25, 0.3) is 5.91 Å². The molecule has 1 amide bonds. The van der Waals surface area contributed by atoms with Gasteiger partial charge in [0.2, 0.25) is 0 Å². The SMILES string of the molecule is CCOC(=O)c1cc(C(N)=O)c(SC(C)C(=O)OCC)nc1C. The lowest BCUT2D eigenvalue weighted by Gasteiger charge is -2.14. The van der Waals surface area contributed by atoms with Gasteiger partial charge in [0.05, 0.1) is 30.0 Å². The summed E-state index contributed by atoms with van der Waals surface area (Å²) in [5.74, 6) is -1.72. The number of hydrogen-bond donors (Lipinski definition) is 1. The van der Waals surface area contributed by atoms with Gasteiger partial charge in [-0.3, -0.25) is 9.59 Å². The minimum absolute atomic E-state index is 0.0693. The fourth-order valence-electron chi connectivity index (χ4n) is 1.74. The van der Waals surface area contributed by atoms with Gasteiger partial charge in [-0.05, 0) is 33.8 Å². The predicted molar refractivity (Wildman–Crippen MR) is 85.4 cm³/mol. The van der Waals surface area contributed by atoms with E-state index in [0.717, 1.165) is 11.8 Å². The van der Waals surface area contributed by atoms with Crippen molar-refractivity contribution in [2.24, 2.45) is 5.73 Å². The summed E-state index contributed by atoms with van der Waals surface area (Å²) in [6.07, 6.45) is 0. The Kier molecular flexibility index (Phi) is 7.02. The lowest BCUT2D eigenvalue weighted by atomic mass is 10.1. The average Bonchev–Trinajstić information content (AvgIpc) is 2.47. The smallest absolute Gasteiger partial charge is 0.339 e. The number of aromatic nitrogens is 1. The summed E-state index contributed by atoms with van der Waals surface area (Å²) >= 11 is 1.06. The van der Waals surface area contributed by atoms with E-state index in [0.29, 0.717) is 5.69 Å². The first-order valence-corrected chi connectivity index (χ1v) is 8.01. The Labute approximate surface area is 138 Å². The van der Waals surface area contributed by atoms with Crippen molar-refractivity contribution in [2.75, 3.05) is 13.2 Å². The maximum Gasteiger partial charge on any atom is 0.339 e. The molecule has 0 aliphatic carbocycles. The molecule has 1 aromatic rings. The Balaban J connectivity index is 3.18. The normalized spacial score (nSPS) is 11.7. The zero-order chi connectivity index (χ0) is 17.6. The molecule has 0 fully saturated rings. The molecule has 0 saturated heterocycles. The van der Waals surface area contributed by atoms with Crippen LogP contribution in [0.3, 0.4) is 0 Å². The summed E-state index contributed by atoms with van der Waals surface area (Å²) in [5, 5.41) is -0.281. The minimum atomic E-state index is -0.735. The number of carbonyl (C=O) groups excluding carboxylic acids is 3. The van der Waals surface area contributed by atoms with Crippen LogP contribution >= 0.6 is 11.8 Å². The number of thioether (sulfide) groups is 1. The van der Waals surface area contributed by atoms with Crippen LogP contribution in [0.4, 0.5) is 0 Å². The Morgan fingerprint density at radius 1 is 1.22 bits per heavy atom. The van der Waals surface area contributed by atoms with Crippen molar-refractivity contribution in [3.63, 3.8) is 0 Å². The second-order valence-electron chi connectivity index (χ2n) is 4.57. The molecule has 23 heavy (non-hydrogen) atoms. The van der Waals surface area contributed by atoms with E-state index in [4.69, 9.17) is 15.2 Å². The second-order valence-corrected chi connectivity index (χ2v) is 5.90. The fourth-order valence-corrected chi connectivity index (χ4v) is 2.72. The van der Waals surface area contributed by atoms with Gasteiger partial charge in [-0.25, -0.2) is 9.78 Å². The molecule has 0 aliphatic rings. The van der Waals surface area contributed by atoms with E-state index in [9.17, 15) is 14.4 Å². The van der Waals surface area contributed by atoms with Crippen molar-refractivity contribution in [2.45, 2.75) is 38.0 Å². The lowest BCUT2D eigenvalue weighted by molar-refractivity contribution is -0.142. The average molecular weight is 340 g/mol. The molecule has 0 aromatic carbocycles. The number of amides is 1. The van der Waals surface area contributed by atoms with Crippen LogP contribution in [-0.4, -0.2) is 41.3 Å². The van der Waals surface area contributed by atoms with Gasteiger partial charge in [-0.1, -0.05) is 11.8 Å². The van der Waals surface area contributed by atoms with Crippen LogP contribution in [0.25, 0.3) is 0 Å². The molecule has 0 saturated carbocycles. The zero-order valence-electron chi connectivity index (χ0n) is 13.5. The maximum absolute atomic E-state index is 11.9. The number of pyridine rings is 1. The van der Waals surface area contributed by atoms with Gasteiger partial charge in [-0.2, -0.15) is 0 Å². The number of nitrogens with two attached hydrogens (primary N) is 1. The van der Waals surface area contributed by atoms with E-state index in [1.165, 1.54) is 6.07 Å². The number of rotatable bonds is 7. The monoisotopic (exact) mass is 340 g/mol. The zero-order valence-corrected chi connectivity index (χ0v) is 14.4. The van der Waals surface area contributed by atoms with Gasteiger partial charge in [0.1, 0.15) is 10.3 Å². The van der Waals surface area contributed by atoms with Crippen molar-refractivity contribution in [1.82, 2.24) is 4.98 Å². The predicted octanol–water partition coefficient (Wildman–Crippen LogP) is 1.71. The van der Waals surface area contributed by atoms with Crippen molar-refractivity contribution in [1.29, 1.82) is 0 Å². The number of nitrogens with zero attached hydrogens (tertiary/aromatic N) is 1. The van der Waals surface area contributed by atoms with Gasteiger partial charge in [0.15, 0.2) is 0 Å². The van der Waals surface area contributed by atoms with Crippen LogP contribution < -0.4 is 5.73 Å². The highest BCUT2D eigenvalue weighted by Gasteiger charge is 2.23. The molecule has 0 radical (unpaired) electrons. The molecule has 2 N–H and O–H groups in total. The van der Waals surface area contributed by atoms with E-state index < -0.39 is 23.1 Å². The van der Waals surface area contributed by atoms with Crippen LogP contribution in [0.1, 0.15) is 47.2 Å². The molecular weight excluding hydrogens is 320 g/mol. The first-order chi connectivity index (χ1) is 10.8. The molecule has 1 atom stereocenters. The first-order valence-electron chi connectivity index (χ1n) is 7.13. The molecule has 126 valence electrons. The van der Waals surface area contributed by atoms with E-state index in [2.05, 4.69) is 4.98 Å². The van der Waals surface area contributed by atoms with Crippen LogP contribution in [-0.2, 0) is 14.3 Å². The highest BCUT2D eigenvalue weighted by molar-refractivity contribution is 8.00. The molecule has 1 aromatic heterocycles. The standard InChI is InChI=1S/C15H20N2O5S/c1-5-21-14(19)9(4)23-13-11(12(16)18)7-10(8(3)17-13)15(20)22-6-2/h7,9H,5-6H2,1-4H3,(H2,16,18). The summed E-state index contributed by atoms with van der Waals surface area (Å²) in [6.45, 7) is 7.13. The topological polar surface area (TPSA) is 109 Å². The Morgan fingerprint density at radius 3 is 2.35 bits per heavy atom. The Hall–Kier alpha value is -2.09. The molecule has 0 aliphatic heterocycles. The first kappa shape index (κ1) is 19.0. The van der Waals surface area contributed by atoms with Crippen molar-refractivity contribution in [3.8, 4) is 0 Å². The lowest BCUT2D eigenvalue weighted by Crippen LogP contribution is -2.20. The number of ether oxygens (including phenoxy) is 2. The molecule has 0 spiro atoms. The quantitative estimate of drug-likeness (QED) is 0.594. The van der Waals surface area contributed by atoms with E-state index in [1.54, 1.807) is 27.7 Å². The van der Waals surface area contributed by atoms with E-state index in [-0.39, 0.29) is 29.4 Å². The van der Waals surface area contributed by atoms with Crippen LogP contribution in [0.5, 0.6) is 0 Å². The minimum Gasteiger partial charge on any atom is -0.465 e. The van der Waals surface area contributed by atoms with E-state index in [1.807, 2.05) is 0 Å². The highest BCUT2D eigenvalue weighted by Crippen LogP contribution is 2.27. The third-order valence-electron chi connectivity index (χ3n) is 2.85. The fraction of sp³-hybridized carbons (Fsp3) is 0.467. The molecule has 1 rings (SSSR count). The summed E-state index contributed by atoms with van der Waals surface area (Å²) < 4.78 is 9.85. The Morgan fingerprint density at radius 2 is 1.83 bits per heavy atom. The number of esters is 2. The largest absolute Gasteiger partial charge is 0.465 e. The van der Waals surface area contributed by atoms with Gasteiger partial charge in [-0.15, -0.1) is 0 Å². The second kappa shape index (κ2) is 8.52. The van der Waals surface area contributed by atoms with Gasteiger partial charge >= 0.3 is 11.9 Å². The molecule has 0 bridgehead atoms. The van der Waals surface area contributed by atoms with Crippen molar-refractivity contribution in [3.05, 3.63) is 22.9 Å². The van der Waals surface area contributed by atoms with Crippen molar-refractivity contribution < 1.29 is 23.9 Å². The molecule has 8 heteroatoms. The summed E-state index contributed by atoms with van der Waals surface area (Å²) in [5.41, 5.74) is 6.00. The van der Waals surface area contributed by atoms with E-state index >= 15 is 0 Å². The number of carbonyl (C=O) groups is 3. The number of hydrogen-bond acceptors (Lipinski definition) is 7. The van der Waals surface area contributed by atoms with Crippen LogP contribution in [0, 0.1) is 6.92 Å². The third kappa shape index (κ3) is 4.95. The maximum atomic E-state index is 11.9. The molecule has 7 nitrogen and oxygen atoms in total. The number of primary amides is 1.